The first-order valence-corrected chi connectivity index (χ1v) is 5.13. The van der Waals surface area contributed by atoms with Crippen LogP contribution < -0.4 is 5.73 Å². The van der Waals surface area contributed by atoms with E-state index in [2.05, 4.69) is 10.2 Å². The number of nitrogens with zero attached hydrogens (tertiary/aromatic N) is 1. The number of aldehydes is 1. The van der Waals surface area contributed by atoms with Crippen LogP contribution in [0.25, 0.3) is 11.3 Å². The summed E-state index contributed by atoms with van der Waals surface area (Å²) in [6.45, 7) is 0. The van der Waals surface area contributed by atoms with Gasteiger partial charge in [0.15, 0.2) is 12.1 Å². The molecule has 1 aromatic heterocycles. The third-order valence-electron chi connectivity index (χ3n) is 2.16. The molecule has 0 aliphatic rings. The van der Waals surface area contributed by atoms with Crippen molar-refractivity contribution >= 4 is 35.3 Å². The Hall–Kier alpha value is -1.52. The molecule has 0 radical (unpaired) electrons. The molecule has 4 nitrogen and oxygen atoms in total. The molecule has 0 spiro atoms. The summed E-state index contributed by atoms with van der Waals surface area (Å²) in [5.74, 6) is 0.163. The fraction of sp³-hybridized carbons (Fsp3) is 0. The monoisotopic (exact) mass is 255 g/mol. The smallest absolute Gasteiger partial charge is 0.156 e. The maximum absolute atomic E-state index is 10.8. The van der Waals surface area contributed by atoms with Crippen molar-refractivity contribution in [3.05, 3.63) is 33.8 Å². The van der Waals surface area contributed by atoms with E-state index in [-0.39, 0.29) is 5.82 Å². The Morgan fingerprint density at radius 2 is 2.06 bits per heavy atom. The lowest BCUT2D eigenvalue weighted by molar-refractivity contribution is 0.112. The van der Waals surface area contributed by atoms with Gasteiger partial charge < -0.3 is 5.73 Å². The number of halogens is 2. The topological polar surface area (TPSA) is 71.8 Å². The van der Waals surface area contributed by atoms with Crippen molar-refractivity contribution < 1.29 is 4.79 Å². The Morgan fingerprint density at radius 1 is 1.31 bits per heavy atom. The zero-order chi connectivity index (χ0) is 11.7. The number of H-pyrrole nitrogens is 1. The van der Waals surface area contributed by atoms with Crippen molar-refractivity contribution in [2.24, 2.45) is 0 Å². The first-order chi connectivity index (χ1) is 7.63. The highest BCUT2D eigenvalue weighted by atomic mass is 35.5. The Bertz CT molecular complexity index is 551. The highest BCUT2D eigenvalue weighted by Gasteiger charge is 2.12. The number of aromatic nitrogens is 2. The molecule has 0 aliphatic carbocycles. The number of anilines is 1. The summed E-state index contributed by atoms with van der Waals surface area (Å²) in [5, 5.41) is 7.30. The van der Waals surface area contributed by atoms with Gasteiger partial charge in [0.05, 0.1) is 21.3 Å². The van der Waals surface area contributed by atoms with Gasteiger partial charge in [0.25, 0.3) is 0 Å². The number of nitrogen functional groups attached to an aromatic ring is 1. The third-order valence-corrected chi connectivity index (χ3v) is 2.90. The molecule has 3 N–H and O–H groups in total. The molecule has 2 rings (SSSR count). The first-order valence-electron chi connectivity index (χ1n) is 4.38. The summed E-state index contributed by atoms with van der Waals surface area (Å²) in [5.41, 5.74) is 7.08. The molecule has 0 amide bonds. The summed E-state index contributed by atoms with van der Waals surface area (Å²) < 4.78 is 0. The number of nitrogens with two attached hydrogens (primary N) is 1. The number of nitrogens with one attached hydrogen (secondary N) is 1. The maximum atomic E-state index is 10.8. The van der Waals surface area contributed by atoms with Gasteiger partial charge in [-0.2, -0.15) is 5.10 Å². The van der Waals surface area contributed by atoms with Gasteiger partial charge in [-0.15, -0.1) is 0 Å². The molecule has 2 aromatic rings. The largest absolute Gasteiger partial charge is 0.382 e. The van der Waals surface area contributed by atoms with Crippen LogP contribution in [-0.2, 0) is 0 Å². The van der Waals surface area contributed by atoms with Gasteiger partial charge in [0, 0.05) is 5.56 Å². The summed E-state index contributed by atoms with van der Waals surface area (Å²) in [6.07, 6.45) is 0.649. The van der Waals surface area contributed by atoms with Crippen LogP contribution in [0, 0.1) is 0 Å². The van der Waals surface area contributed by atoms with Crippen LogP contribution in [0.1, 0.15) is 10.4 Å². The Morgan fingerprint density at radius 3 is 2.69 bits per heavy atom. The first kappa shape index (κ1) is 11.0. The number of benzene rings is 1. The number of hydrogen-bond donors (Lipinski definition) is 2. The van der Waals surface area contributed by atoms with E-state index in [0.717, 1.165) is 0 Å². The molecular formula is C10H7Cl2N3O. The Balaban J connectivity index is 2.58. The second-order valence-corrected chi connectivity index (χ2v) is 3.96. The highest BCUT2D eigenvalue weighted by Crippen LogP contribution is 2.30. The summed E-state index contributed by atoms with van der Waals surface area (Å²) in [4.78, 5) is 10.8. The van der Waals surface area contributed by atoms with Crippen LogP contribution in [0.15, 0.2) is 18.2 Å². The molecule has 1 aromatic carbocycles. The van der Waals surface area contributed by atoms with E-state index < -0.39 is 0 Å². The van der Waals surface area contributed by atoms with E-state index in [9.17, 15) is 4.79 Å². The van der Waals surface area contributed by atoms with Crippen molar-refractivity contribution in [2.45, 2.75) is 0 Å². The Kier molecular flexibility index (Phi) is 2.85. The van der Waals surface area contributed by atoms with Crippen molar-refractivity contribution in [3.8, 4) is 11.3 Å². The highest BCUT2D eigenvalue weighted by molar-refractivity contribution is 6.42. The molecule has 0 unspecified atom stereocenters. The minimum Gasteiger partial charge on any atom is -0.382 e. The second kappa shape index (κ2) is 4.15. The maximum Gasteiger partial charge on any atom is 0.156 e. The predicted octanol–water partition coefficient (Wildman–Crippen LogP) is 2.78. The van der Waals surface area contributed by atoms with Crippen molar-refractivity contribution in [1.82, 2.24) is 10.2 Å². The zero-order valence-corrected chi connectivity index (χ0v) is 9.51. The lowest BCUT2D eigenvalue weighted by atomic mass is 10.1. The standard InChI is InChI=1S/C10H7Cl2N3O/c11-7-2-1-5(3-8(7)12)9-6(4-16)10(13)15-14-9/h1-4H,(H3,13,14,15). The SMILES string of the molecule is Nc1n[nH]c(-c2ccc(Cl)c(Cl)c2)c1C=O. The summed E-state index contributed by atoms with van der Waals surface area (Å²) >= 11 is 11.7. The minimum atomic E-state index is 0.163. The molecule has 0 saturated heterocycles. The van der Waals surface area contributed by atoms with Crippen LogP contribution in [0.2, 0.25) is 10.0 Å². The van der Waals surface area contributed by atoms with Gasteiger partial charge in [-0.1, -0.05) is 29.3 Å². The lowest BCUT2D eigenvalue weighted by Gasteiger charge is -2.01. The normalized spacial score (nSPS) is 10.4. The van der Waals surface area contributed by atoms with Crippen LogP contribution in [0.3, 0.4) is 0 Å². The zero-order valence-electron chi connectivity index (χ0n) is 8.00. The van der Waals surface area contributed by atoms with Crippen molar-refractivity contribution in [1.29, 1.82) is 0 Å². The van der Waals surface area contributed by atoms with Gasteiger partial charge in [0.1, 0.15) is 0 Å². The lowest BCUT2D eigenvalue weighted by Crippen LogP contribution is -1.90. The third kappa shape index (κ3) is 1.77. The minimum absolute atomic E-state index is 0.163. The number of aromatic amines is 1. The van der Waals surface area contributed by atoms with E-state index >= 15 is 0 Å². The molecule has 0 fully saturated rings. The number of hydrogen-bond acceptors (Lipinski definition) is 3. The predicted molar refractivity (Wildman–Crippen MR) is 63.8 cm³/mol. The molecule has 16 heavy (non-hydrogen) atoms. The number of carbonyl (C=O) groups is 1. The molecule has 0 bridgehead atoms. The summed E-state index contributed by atoms with van der Waals surface area (Å²) in [7, 11) is 0. The van der Waals surface area contributed by atoms with Crippen LogP contribution in [-0.4, -0.2) is 16.5 Å². The van der Waals surface area contributed by atoms with Crippen LogP contribution in [0.5, 0.6) is 0 Å². The average Bonchev–Trinajstić information content (AvgIpc) is 2.63. The molecule has 82 valence electrons. The molecule has 1 heterocycles. The van der Waals surface area contributed by atoms with E-state index in [0.29, 0.717) is 33.2 Å². The second-order valence-electron chi connectivity index (χ2n) is 3.14. The van der Waals surface area contributed by atoms with E-state index in [1.807, 2.05) is 0 Å². The fourth-order valence-corrected chi connectivity index (χ4v) is 1.65. The molecule has 6 heteroatoms. The van der Waals surface area contributed by atoms with E-state index in [1.54, 1.807) is 18.2 Å². The van der Waals surface area contributed by atoms with Gasteiger partial charge in [-0.05, 0) is 12.1 Å². The average molecular weight is 256 g/mol. The molecular weight excluding hydrogens is 249 g/mol. The van der Waals surface area contributed by atoms with Crippen LogP contribution >= 0.6 is 23.2 Å². The van der Waals surface area contributed by atoms with Crippen molar-refractivity contribution in [3.63, 3.8) is 0 Å². The molecule has 0 aliphatic heterocycles. The fourth-order valence-electron chi connectivity index (χ4n) is 1.36. The summed E-state index contributed by atoms with van der Waals surface area (Å²) in [6, 6.07) is 5.02. The molecule has 0 saturated carbocycles. The Labute approximate surface area is 101 Å². The number of rotatable bonds is 2. The van der Waals surface area contributed by atoms with E-state index in [1.165, 1.54) is 0 Å². The van der Waals surface area contributed by atoms with Crippen LogP contribution in [0.4, 0.5) is 5.82 Å². The van der Waals surface area contributed by atoms with Gasteiger partial charge in [0.2, 0.25) is 0 Å². The quantitative estimate of drug-likeness (QED) is 0.811. The molecule has 0 atom stereocenters. The van der Waals surface area contributed by atoms with Crippen molar-refractivity contribution in [2.75, 3.05) is 5.73 Å². The van der Waals surface area contributed by atoms with E-state index in [4.69, 9.17) is 28.9 Å². The number of carbonyl (C=O) groups excluding carboxylic acids is 1. The van der Waals surface area contributed by atoms with Gasteiger partial charge in [-0.3, -0.25) is 9.89 Å². The van der Waals surface area contributed by atoms with Gasteiger partial charge in [-0.25, -0.2) is 0 Å². The van der Waals surface area contributed by atoms with Gasteiger partial charge >= 0.3 is 0 Å².